The average molecular weight is 344 g/mol. The molecule has 1 fully saturated rings. The largest absolute Gasteiger partial charge is 0.480 e. The molecule has 6 heteroatoms. The quantitative estimate of drug-likeness (QED) is 0.841. The second-order valence-corrected chi connectivity index (χ2v) is 7.02. The Labute approximate surface area is 145 Å². The molecule has 0 aliphatic heterocycles. The van der Waals surface area contributed by atoms with E-state index >= 15 is 0 Å². The number of hydrogen-bond acceptors (Lipinski definition) is 3. The van der Waals surface area contributed by atoms with Crippen molar-refractivity contribution in [3.63, 3.8) is 0 Å². The highest BCUT2D eigenvalue weighted by Crippen LogP contribution is 2.40. The zero-order valence-electron chi connectivity index (χ0n) is 14.3. The first-order chi connectivity index (χ1) is 11.8. The molecular weight excluding hydrogens is 323 g/mol. The molecule has 1 aromatic heterocycles. The molecule has 0 saturated heterocycles. The van der Waals surface area contributed by atoms with Crippen LogP contribution < -0.4 is 5.32 Å². The van der Waals surface area contributed by atoms with Crippen molar-refractivity contribution in [1.82, 2.24) is 10.3 Å². The van der Waals surface area contributed by atoms with Crippen molar-refractivity contribution < 1.29 is 19.1 Å². The maximum atomic E-state index is 13.7. The zero-order valence-corrected chi connectivity index (χ0v) is 14.3. The van der Waals surface area contributed by atoms with Crippen molar-refractivity contribution in [1.29, 1.82) is 0 Å². The summed E-state index contributed by atoms with van der Waals surface area (Å²) in [5.74, 6) is -1.59. The summed E-state index contributed by atoms with van der Waals surface area (Å²) >= 11 is 0. The molecule has 1 aliphatic carbocycles. The van der Waals surface area contributed by atoms with Crippen LogP contribution in [-0.4, -0.2) is 28.0 Å². The number of carbonyl (C=O) groups is 2. The predicted molar refractivity (Wildman–Crippen MR) is 92.0 cm³/mol. The summed E-state index contributed by atoms with van der Waals surface area (Å²) in [7, 11) is 0. The molecule has 3 rings (SSSR count). The van der Waals surface area contributed by atoms with Crippen LogP contribution in [0.2, 0.25) is 0 Å². The summed E-state index contributed by atoms with van der Waals surface area (Å²) in [4.78, 5) is 28.7. The van der Waals surface area contributed by atoms with Gasteiger partial charge in [-0.2, -0.15) is 0 Å². The van der Waals surface area contributed by atoms with Crippen LogP contribution in [0.3, 0.4) is 0 Å². The van der Waals surface area contributed by atoms with Gasteiger partial charge in [-0.3, -0.25) is 9.78 Å². The van der Waals surface area contributed by atoms with Crippen molar-refractivity contribution in [2.24, 2.45) is 5.92 Å². The van der Waals surface area contributed by atoms with E-state index in [9.17, 15) is 19.1 Å². The van der Waals surface area contributed by atoms with Crippen LogP contribution in [0.25, 0.3) is 10.9 Å². The third kappa shape index (κ3) is 3.95. The number of aromatic nitrogens is 1. The molecule has 0 spiro atoms. The molecule has 1 heterocycles. The van der Waals surface area contributed by atoms with Gasteiger partial charge in [-0.15, -0.1) is 0 Å². The molecule has 1 amide bonds. The average Bonchev–Trinajstić information content (AvgIpc) is 3.37. The summed E-state index contributed by atoms with van der Waals surface area (Å²) in [5.41, 5.74) is 1.63. The third-order valence-corrected chi connectivity index (χ3v) is 4.34. The Balaban J connectivity index is 1.99. The van der Waals surface area contributed by atoms with E-state index in [0.717, 1.165) is 18.5 Å². The summed E-state index contributed by atoms with van der Waals surface area (Å²) < 4.78 is 13.7. The molecule has 5 nitrogen and oxygen atoms in total. The van der Waals surface area contributed by atoms with E-state index < -0.39 is 23.7 Å². The van der Waals surface area contributed by atoms with Gasteiger partial charge in [-0.25, -0.2) is 9.18 Å². The van der Waals surface area contributed by atoms with E-state index in [4.69, 9.17) is 0 Å². The lowest BCUT2D eigenvalue weighted by molar-refractivity contribution is -0.139. The number of nitrogens with zero attached hydrogens (tertiary/aromatic N) is 1. The lowest BCUT2D eigenvalue weighted by atomic mass is 10.0. The van der Waals surface area contributed by atoms with Crippen LogP contribution in [0.1, 0.15) is 55.1 Å². The molecule has 1 aromatic carbocycles. The van der Waals surface area contributed by atoms with Crippen molar-refractivity contribution in [2.45, 2.75) is 45.1 Å². The van der Waals surface area contributed by atoms with Crippen molar-refractivity contribution in [3.8, 4) is 0 Å². The fourth-order valence-electron chi connectivity index (χ4n) is 2.92. The van der Waals surface area contributed by atoms with E-state index in [1.54, 1.807) is 12.1 Å². The Morgan fingerprint density at radius 3 is 2.64 bits per heavy atom. The summed E-state index contributed by atoms with van der Waals surface area (Å²) in [5, 5.41) is 12.3. The Morgan fingerprint density at radius 1 is 1.32 bits per heavy atom. The number of amides is 1. The van der Waals surface area contributed by atoms with Crippen LogP contribution in [0, 0.1) is 11.7 Å². The first kappa shape index (κ1) is 17.3. The molecular formula is C19H21FN2O3. The number of nitrogens with one attached hydrogen (secondary N) is 1. The lowest BCUT2D eigenvalue weighted by Gasteiger charge is -2.17. The minimum Gasteiger partial charge on any atom is -0.480 e. The second-order valence-electron chi connectivity index (χ2n) is 7.02. The summed E-state index contributed by atoms with van der Waals surface area (Å²) in [6.45, 7) is 3.79. The van der Waals surface area contributed by atoms with E-state index in [1.165, 1.54) is 12.1 Å². The van der Waals surface area contributed by atoms with Gasteiger partial charge < -0.3 is 10.4 Å². The first-order valence-corrected chi connectivity index (χ1v) is 8.49. The van der Waals surface area contributed by atoms with E-state index in [0.29, 0.717) is 23.2 Å². The van der Waals surface area contributed by atoms with Gasteiger partial charge in [0.25, 0.3) is 5.91 Å². The molecule has 0 radical (unpaired) electrons. The molecule has 25 heavy (non-hydrogen) atoms. The Kier molecular flexibility index (Phi) is 4.70. The van der Waals surface area contributed by atoms with Crippen LogP contribution >= 0.6 is 0 Å². The zero-order chi connectivity index (χ0) is 18.1. The molecule has 1 aliphatic rings. The number of aliphatic carboxylic acids is 1. The highest BCUT2D eigenvalue weighted by atomic mass is 19.1. The van der Waals surface area contributed by atoms with Crippen LogP contribution in [0.5, 0.6) is 0 Å². The van der Waals surface area contributed by atoms with Crippen LogP contribution in [0.4, 0.5) is 4.39 Å². The molecule has 1 atom stereocenters. The highest BCUT2D eigenvalue weighted by Gasteiger charge is 2.28. The fourth-order valence-corrected chi connectivity index (χ4v) is 2.92. The van der Waals surface area contributed by atoms with E-state index in [1.807, 2.05) is 13.8 Å². The van der Waals surface area contributed by atoms with Gasteiger partial charge in [-0.05, 0) is 49.4 Å². The third-order valence-electron chi connectivity index (χ3n) is 4.34. The normalized spacial score (nSPS) is 15.4. The van der Waals surface area contributed by atoms with Gasteiger partial charge in [0.05, 0.1) is 11.1 Å². The smallest absolute Gasteiger partial charge is 0.326 e. The summed E-state index contributed by atoms with van der Waals surface area (Å²) in [6.07, 6.45) is 2.37. The maximum absolute atomic E-state index is 13.7. The number of rotatable bonds is 6. The number of benzene rings is 1. The molecule has 1 saturated carbocycles. The van der Waals surface area contributed by atoms with Gasteiger partial charge in [0, 0.05) is 17.0 Å². The monoisotopic (exact) mass is 344 g/mol. The Hall–Kier alpha value is -2.50. The molecule has 132 valence electrons. The van der Waals surface area contributed by atoms with Gasteiger partial charge in [0.2, 0.25) is 0 Å². The highest BCUT2D eigenvalue weighted by molar-refractivity contribution is 6.07. The first-order valence-electron chi connectivity index (χ1n) is 8.49. The Morgan fingerprint density at radius 2 is 2.04 bits per heavy atom. The molecule has 2 N–H and O–H groups in total. The van der Waals surface area contributed by atoms with Crippen molar-refractivity contribution in [3.05, 3.63) is 41.3 Å². The van der Waals surface area contributed by atoms with E-state index in [2.05, 4.69) is 10.3 Å². The maximum Gasteiger partial charge on any atom is 0.326 e. The number of carboxylic acid groups (broad SMARTS) is 1. The SMILES string of the molecule is CC(C)C[C@@H](NC(=O)c1cc(C2CC2)nc2ccc(F)cc12)C(=O)O. The van der Waals surface area contributed by atoms with Crippen molar-refractivity contribution in [2.75, 3.05) is 0 Å². The van der Waals surface area contributed by atoms with Crippen LogP contribution in [-0.2, 0) is 4.79 Å². The van der Waals surface area contributed by atoms with Gasteiger partial charge in [-0.1, -0.05) is 13.8 Å². The number of hydrogen-bond donors (Lipinski definition) is 2. The number of fused-ring (bicyclic) bond motifs is 1. The number of pyridine rings is 1. The van der Waals surface area contributed by atoms with E-state index in [-0.39, 0.29) is 11.5 Å². The molecule has 0 bridgehead atoms. The number of carbonyl (C=O) groups excluding carboxylic acids is 1. The summed E-state index contributed by atoms with van der Waals surface area (Å²) in [6, 6.07) is 4.83. The predicted octanol–water partition coefficient (Wildman–Crippen LogP) is 3.48. The lowest BCUT2D eigenvalue weighted by Crippen LogP contribution is -2.41. The van der Waals surface area contributed by atoms with Gasteiger partial charge >= 0.3 is 5.97 Å². The standard InChI is InChI=1S/C19H21FN2O3/c1-10(2)7-17(19(24)25)22-18(23)14-9-16(11-3-4-11)21-15-6-5-12(20)8-13(14)15/h5-6,8-11,17H,3-4,7H2,1-2H3,(H,22,23)(H,24,25)/t17-/m1/s1. The number of carboxylic acids is 1. The fraction of sp³-hybridized carbons (Fsp3) is 0.421. The molecule has 0 unspecified atom stereocenters. The Bertz CT molecular complexity index is 831. The second kappa shape index (κ2) is 6.78. The topological polar surface area (TPSA) is 79.3 Å². The minimum absolute atomic E-state index is 0.120. The molecule has 2 aromatic rings. The van der Waals surface area contributed by atoms with Gasteiger partial charge in [0.15, 0.2) is 0 Å². The minimum atomic E-state index is -1.07. The number of halogens is 1. The van der Waals surface area contributed by atoms with Crippen molar-refractivity contribution >= 4 is 22.8 Å². The van der Waals surface area contributed by atoms with Gasteiger partial charge in [0.1, 0.15) is 11.9 Å². The van der Waals surface area contributed by atoms with Crippen LogP contribution in [0.15, 0.2) is 24.3 Å².